The Morgan fingerprint density at radius 3 is 2.73 bits per heavy atom. The fourth-order valence-corrected chi connectivity index (χ4v) is 1.90. The number of benzene rings is 1. The molecule has 2 nitrogen and oxygen atoms in total. The van der Waals surface area contributed by atoms with Crippen LogP contribution in [0.4, 0.5) is 8.78 Å². The molecule has 2 rings (SSSR count). The van der Waals surface area contributed by atoms with Crippen LogP contribution in [-0.2, 0) is 0 Å². The largest absolute Gasteiger partial charge is 0.484 e. The number of halogens is 2. The average molecular weight is 213 g/mol. The van der Waals surface area contributed by atoms with Crippen LogP contribution in [0.25, 0.3) is 0 Å². The Kier molecular flexibility index (Phi) is 2.19. The minimum absolute atomic E-state index is 0.0428. The van der Waals surface area contributed by atoms with Gasteiger partial charge in [0.15, 0.2) is 11.6 Å². The number of fused-ring (bicyclic) bond motifs is 1. The van der Waals surface area contributed by atoms with E-state index < -0.39 is 17.2 Å². The number of rotatable bonds is 0. The van der Waals surface area contributed by atoms with Gasteiger partial charge in [-0.2, -0.15) is 4.39 Å². The summed E-state index contributed by atoms with van der Waals surface area (Å²) in [5.74, 6) is -1.90. The summed E-state index contributed by atoms with van der Waals surface area (Å²) < 4.78 is 31.8. The first-order chi connectivity index (χ1) is 6.91. The molecule has 82 valence electrons. The molecule has 1 aromatic rings. The lowest BCUT2D eigenvalue weighted by Crippen LogP contribution is -2.38. The van der Waals surface area contributed by atoms with E-state index in [2.05, 4.69) is 0 Å². The third-order valence-electron chi connectivity index (χ3n) is 2.57. The van der Waals surface area contributed by atoms with E-state index in [0.29, 0.717) is 12.0 Å². The minimum atomic E-state index is -0.948. The molecule has 0 aromatic heterocycles. The standard InChI is InChI=1S/C11H13F2NO/c1-11(2)5-8(14)6-3-4-7(12)9(13)10(6)15-11/h3-4,8H,5,14H2,1-2H3. The van der Waals surface area contributed by atoms with Crippen LogP contribution in [0.1, 0.15) is 31.9 Å². The highest BCUT2D eigenvalue weighted by atomic mass is 19.2. The summed E-state index contributed by atoms with van der Waals surface area (Å²) in [6.07, 6.45) is 0.588. The van der Waals surface area contributed by atoms with Crippen LogP contribution in [0.15, 0.2) is 12.1 Å². The van der Waals surface area contributed by atoms with Crippen molar-refractivity contribution in [3.63, 3.8) is 0 Å². The molecule has 0 fully saturated rings. The van der Waals surface area contributed by atoms with E-state index >= 15 is 0 Å². The first-order valence-corrected chi connectivity index (χ1v) is 4.83. The predicted molar refractivity (Wildman–Crippen MR) is 52.6 cm³/mol. The Hall–Kier alpha value is -1.16. The minimum Gasteiger partial charge on any atom is -0.484 e. The van der Waals surface area contributed by atoms with Crippen LogP contribution in [0.5, 0.6) is 5.75 Å². The Morgan fingerprint density at radius 1 is 1.40 bits per heavy atom. The van der Waals surface area contributed by atoms with Crippen molar-refractivity contribution in [1.29, 1.82) is 0 Å². The van der Waals surface area contributed by atoms with Crippen molar-refractivity contribution < 1.29 is 13.5 Å². The van der Waals surface area contributed by atoms with Gasteiger partial charge in [0.1, 0.15) is 5.60 Å². The van der Waals surface area contributed by atoms with Crippen molar-refractivity contribution >= 4 is 0 Å². The van der Waals surface area contributed by atoms with Gasteiger partial charge in [0.05, 0.1) is 0 Å². The van der Waals surface area contributed by atoms with Crippen molar-refractivity contribution in [2.75, 3.05) is 0 Å². The van der Waals surface area contributed by atoms with Crippen LogP contribution in [-0.4, -0.2) is 5.60 Å². The van der Waals surface area contributed by atoms with Gasteiger partial charge in [0.2, 0.25) is 5.82 Å². The molecule has 0 saturated heterocycles. The smallest absolute Gasteiger partial charge is 0.200 e. The summed E-state index contributed by atoms with van der Waals surface area (Å²) in [5, 5.41) is 0. The van der Waals surface area contributed by atoms with Crippen molar-refractivity contribution in [1.82, 2.24) is 0 Å². The van der Waals surface area contributed by atoms with Gasteiger partial charge in [-0.3, -0.25) is 0 Å². The molecule has 1 unspecified atom stereocenters. The third kappa shape index (κ3) is 1.69. The second-order valence-electron chi connectivity index (χ2n) is 4.45. The molecular formula is C11H13F2NO. The van der Waals surface area contributed by atoms with E-state index in [1.807, 2.05) is 0 Å². The number of hydrogen-bond acceptors (Lipinski definition) is 2. The van der Waals surface area contributed by atoms with Gasteiger partial charge in [-0.15, -0.1) is 0 Å². The fourth-order valence-electron chi connectivity index (χ4n) is 1.90. The van der Waals surface area contributed by atoms with Gasteiger partial charge >= 0.3 is 0 Å². The molecular weight excluding hydrogens is 200 g/mol. The molecule has 1 atom stereocenters. The first kappa shape index (κ1) is 10.4. The maximum Gasteiger partial charge on any atom is 0.200 e. The molecule has 1 heterocycles. The van der Waals surface area contributed by atoms with Crippen molar-refractivity contribution in [2.24, 2.45) is 5.73 Å². The quantitative estimate of drug-likeness (QED) is 0.718. The lowest BCUT2D eigenvalue weighted by Gasteiger charge is -2.36. The number of hydrogen-bond donors (Lipinski definition) is 1. The van der Waals surface area contributed by atoms with Gasteiger partial charge in [0, 0.05) is 18.0 Å². The van der Waals surface area contributed by atoms with Gasteiger partial charge in [-0.05, 0) is 19.9 Å². The van der Waals surface area contributed by atoms with Gasteiger partial charge < -0.3 is 10.5 Å². The van der Waals surface area contributed by atoms with E-state index in [1.165, 1.54) is 6.07 Å². The molecule has 2 N–H and O–H groups in total. The Morgan fingerprint density at radius 2 is 2.07 bits per heavy atom. The number of nitrogens with two attached hydrogens (primary N) is 1. The fraction of sp³-hybridized carbons (Fsp3) is 0.455. The maximum atomic E-state index is 13.4. The summed E-state index contributed by atoms with van der Waals surface area (Å²) in [6.45, 7) is 3.61. The van der Waals surface area contributed by atoms with E-state index in [1.54, 1.807) is 13.8 Å². The van der Waals surface area contributed by atoms with Crippen molar-refractivity contribution in [3.8, 4) is 5.75 Å². The SMILES string of the molecule is CC1(C)CC(N)c2ccc(F)c(F)c2O1. The van der Waals surface area contributed by atoms with Gasteiger partial charge in [-0.1, -0.05) is 6.07 Å². The molecule has 0 saturated carbocycles. The third-order valence-corrected chi connectivity index (χ3v) is 2.57. The zero-order chi connectivity index (χ0) is 11.2. The van der Waals surface area contributed by atoms with E-state index in [4.69, 9.17) is 10.5 Å². The molecule has 0 bridgehead atoms. The Labute approximate surface area is 87.0 Å². The molecule has 1 aliphatic rings. The summed E-state index contributed by atoms with van der Waals surface area (Å²) in [7, 11) is 0. The zero-order valence-electron chi connectivity index (χ0n) is 8.68. The van der Waals surface area contributed by atoms with Crippen LogP contribution < -0.4 is 10.5 Å². The summed E-state index contributed by atoms with van der Waals surface area (Å²) in [4.78, 5) is 0. The highest BCUT2D eigenvalue weighted by molar-refractivity contribution is 5.40. The lowest BCUT2D eigenvalue weighted by atomic mass is 9.90. The monoisotopic (exact) mass is 213 g/mol. The highest BCUT2D eigenvalue weighted by Crippen LogP contribution is 2.40. The van der Waals surface area contributed by atoms with E-state index in [0.717, 1.165) is 6.07 Å². The maximum absolute atomic E-state index is 13.4. The predicted octanol–water partition coefficient (Wildman–Crippen LogP) is 2.53. The first-order valence-electron chi connectivity index (χ1n) is 4.83. The van der Waals surface area contributed by atoms with Crippen LogP contribution >= 0.6 is 0 Å². The molecule has 0 spiro atoms. The zero-order valence-corrected chi connectivity index (χ0v) is 8.68. The van der Waals surface area contributed by atoms with Gasteiger partial charge in [0.25, 0.3) is 0 Å². The molecule has 0 amide bonds. The highest BCUT2D eigenvalue weighted by Gasteiger charge is 2.34. The lowest BCUT2D eigenvalue weighted by molar-refractivity contribution is 0.0663. The van der Waals surface area contributed by atoms with Crippen molar-refractivity contribution in [2.45, 2.75) is 31.9 Å². The second kappa shape index (κ2) is 3.17. The molecule has 1 aromatic carbocycles. The second-order valence-corrected chi connectivity index (χ2v) is 4.45. The van der Waals surface area contributed by atoms with Crippen molar-refractivity contribution in [3.05, 3.63) is 29.3 Å². The number of ether oxygens (including phenoxy) is 1. The molecule has 1 aliphatic heterocycles. The van der Waals surface area contributed by atoms with Crippen LogP contribution in [0.2, 0.25) is 0 Å². The molecule has 15 heavy (non-hydrogen) atoms. The van der Waals surface area contributed by atoms with Crippen LogP contribution in [0, 0.1) is 11.6 Å². The van der Waals surface area contributed by atoms with E-state index in [9.17, 15) is 8.78 Å². The van der Waals surface area contributed by atoms with E-state index in [-0.39, 0.29) is 11.8 Å². The Bertz CT molecular complexity index is 404. The average Bonchev–Trinajstić information content (AvgIpc) is 2.10. The molecule has 4 heteroatoms. The molecule has 0 radical (unpaired) electrons. The van der Waals surface area contributed by atoms with Crippen LogP contribution in [0.3, 0.4) is 0 Å². The Balaban J connectivity index is 2.56. The summed E-state index contributed by atoms with van der Waals surface area (Å²) >= 11 is 0. The normalized spacial score (nSPS) is 23.1. The summed E-state index contributed by atoms with van der Waals surface area (Å²) in [5.41, 5.74) is 5.85. The van der Waals surface area contributed by atoms with Gasteiger partial charge in [-0.25, -0.2) is 4.39 Å². The molecule has 0 aliphatic carbocycles. The topological polar surface area (TPSA) is 35.2 Å². The summed E-state index contributed by atoms with van der Waals surface area (Å²) in [6, 6.07) is 2.25.